The zero-order chi connectivity index (χ0) is 21.6. The molecule has 2 aliphatic heterocycles. The molecule has 1 unspecified atom stereocenters. The minimum atomic E-state index is -0.737. The fraction of sp³-hybridized carbons (Fsp3) is 0.348. The van der Waals surface area contributed by atoms with E-state index in [0.29, 0.717) is 25.6 Å². The average Bonchev–Trinajstić information content (AvgIpc) is 3.20. The van der Waals surface area contributed by atoms with E-state index in [1.165, 1.54) is 4.90 Å². The smallest absolute Gasteiger partial charge is 0.252 e. The van der Waals surface area contributed by atoms with Crippen LogP contribution in [0, 0.1) is 0 Å². The summed E-state index contributed by atoms with van der Waals surface area (Å²) in [4.78, 5) is 31.9. The Kier molecular flexibility index (Phi) is 6.59. The summed E-state index contributed by atoms with van der Waals surface area (Å²) < 4.78 is 11.3. The number of carbonyl (C=O) groups excluding carboxylic acids is 2. The van der Waals surface area contributed by atoms with E-state index in [1.807, 2.05) is 54.6 Å². The molecule has 0 spiro atoms. The Morgan fingerprint density at radius 3 is 2.74 bits per heavy atom. The Morgan fingerprint density at radius 1 is 1.16 bits per heavy atom. The highest BCUT2D eigenvalue weighted by molar-refractivity contribution is 5.99. The maximum atomic E-state index is 13.3. The fourth-order valence-electron chi connectivity index (χ4n) is 3.77. The molecule has 0 saturated heterocycles. The van der Waals surface area contributed by atoms with E-state index in [9.17, 15) is 9.59 Å². The first-order chi connectivity index (χ1) is 15.2. The number of hydrogen-bond donors (Lipinski definition) is 2. The lowest BCUT2D eigenvalue weighted by atomic mass is 9.99. The van der Waals surface area contributed by atoms with E-state index in [0.717, 1.165) is 16.7 Å². The van der Waals surface area contributed by atoms with Crippen molar-refractivity contribution in [3.8, 4) is 0 Å². The van der Waals surface area contributed by atoms with Crippen LogP contribution >= 0.6 is 0 Å². The van der Waals surface area contributed by atoms with Gasteiger partial charge in [-0.05, 0) is 17.7 Å². The predicted octanol–water partition coefficient (Wildman–Crippen LogP) is 1.04. The number of aliphatic imine (C=N–C) groups is 1. The molecule has 2 atom stereocenters. The number of aliphatic hydroxyl groups excluding tert-OH is 1. The van der Waals surface area contributed by atoms with Crippen LogP contribution in [0.25, 0.3) is 0 Å². The Labute approximate surface area is 180 Å². The number of carbonyl (C=O) groups is 2. The third-order valence-corrected chi connectivity index (χ3v) is 5.23. The van der Waals surface area contributed by atoms with Crippen molar-refractivity contribution in [3.05, 3.63) is 71.3 Å². The second kappa shape index (κ2) is 9.72. The summed E-state index contributed by atoms with van der Waals surface area (Å²) in [6.07, 6.45) is -0.515. The molecule has 8 heteroatoms. The van der Waals surface area contributed by atoms with E-state index in [2.05, 4.69) is 10.3 Å². The van der Waals surface area contributed by atoms with Gasteiger partial charge in [-0.2, -0.15) is 0 Å². The quantitative estimate of drug-likeness (QED) is 0.618. The van der Waals surface area contributed by atoms with E-state index >= 15 is 0 Å². The van der Waals surface area contributed by atoms with E-state index < -0.39 is 12.1 Å². The van der Waals surface area contributed by atoms with E-state index in [1.54, 1.807) is 0 Å². The first-order valence-electron chi connectivity index (χ1n) is 10.3. The van der Waals surface area contributed by atoms with Gasteiger partial charge in [0.2, 0.25) is 11.8 Å². The van der Waals surface area contributed by atoms with Crippen LogP contribution in [-0.2, 0) is 25.6 Å². The van der Waals surface area contributed by atoms with Crippen molar-refractivity contribution in [1.29, 1.82) is 0 Å². The second-order valence-corrected chi connectivity index (χ2v) is 7.36. The minimum Gasteiger partial charge on any atom is -0.466 e. The Hall–Kier alpha value is -3.23. The van der Waals surface area contributed by atoms with Crippen LogP contribution in [-0.4, -0.2) is 66.7 Å². The van der Waals surface area contributed by atoms with Gasteiger partial charge in [-0.1, -0.05) is 42.5 Å². The predicted molar refractivity (Wildman–Crippen MR) is 113 cm³/mol. The standard InChI is InChI=1S/C23H25N3O5/c27-11-13-30-12-10-24-19(28)15-26-14-17-8-4-5-9-18(17)21-20(23(26)29)25-22(31-21)16-6-2-1-3-7-16/h1-9,20-21,27H,10-15H2,(H,24,28)/t20?,21-/m0/s1. The number of rotatable bonds is 8. The highest BCUT2D eigenvalue weighted by Crippen LogP contribution is 2.37. The second-order valence-electron chi connectivity index (χ2n) is 7.36. The van der Waals surface area contributed by atoms with Crippen LogP contribution in [0.4, 0.5) is 0 Å². The van der Waals surface area contributed by atoms with Crippen molar-refractivity contribution in [2.75, 3.05) is 32.9 Å². The zero-order valence-electron chi connectivity index (χ0n) is 17.1. The zero-order valence-corrected chi connectivity index (χ0v) is 17.1. The molecule has 0 saturated carbocycles. The molecule has 2 N–H and O–H groups in total. The summed E-state index contributed by atoms with van der Waals surface area (Å²) in [5.41, 5.74) is 2.66. The van der Waals surface area contributed by atoms with Gasteiger partial charge in [-0.15, -0.1) is 0 Å². The number of benzene rings is 2. The highest BCUT2D eigenvalue weighted by atomic mass is 16.5. The SMILES string of the molecule is O=C(CN1Cc2ccccc2[C@@H]2OC(c3ccccc3)=NC2C1=O)NCCOCCO. The molecule has 2 aliphatic rings. The average molecular weight is 423 g/mol. The largest absolute Gasteiger partial charge is 0.466 e. The lowest BCUT2D eigenvalue weighted by Gasteiger charge is -2.22. The van der Waals surface area contributed by atoms with Crippen molar-refractivity contribution in [1.82, 2.24) is 10.2 Å². The molecule has 2 aromatic rings. The number of nitrogens with zero attached hydrogens (tertiary/aromatic N) is 2. The first kappa shape index (κ1) is 21.0. The molecule has 0 radical (unpaired) electrons. The van der Waals surface area contributed by atoms with E-state index in [4.69, 9.17) is 14.6 Å². The molecule has 162 valence electrons. The van der Waals surface area contributed by atoms with Gasteiger partial charge in [0.1, 0.15) is 0 Å². The normalized spacial score (nSPS) is 19.7. The lowest BCUT2D eigenvalue weighted by molar-refractivity contribution is -0.138. The molecule has 0 aliphatic carbocycles. The summed E-state index contributed by atoms with van der Waals surface area (Å²) in [5, 5.41) is 11.5. The number of fused-ring (bicyclic) bond motifs is 3. The number of nitrogens with one attached hydrogen (secondary N) is 1. The fourth-order valence-corrected chi connectivity index (χ4v) is 3.77. The summed E-state index contributed by atoms with van der Waals surface area (Å²) in [7, 11) is 0. The third kappa shape index (κ3) is 4.76. The molecule has 31 heavy (non-hydrogen) atoms. The molecular formula is C23H25N3O5. The van der Waals surface area contributed by atoms with Gasteiger partial charge >= 0.3 is 0 Å². The van der Waals surface area contributed by atoms with Crippen molar-refractivity contribution in [2.24, 2.45) is 4.99 Å². The lowest BCUT2D eigenvalue weighted by Crippen LogP contribution is -2.44. The molecule has 0 fully saturated rings. The summed E-state index contributed by atoms with van der Waals surface area (Å²) in [6.45, 7) is 1.01. The molecule has 4 rings (SSSR count). The molecule has 8 nitrogen and oxygen atoms in total. The van der Waals surface area contributed by atoms with E-state index in [-0.39, 0.29) is 31.6 Å². The Morgan fingerprint density at radius 2 is 1.94 bits per heavy atom. The summed E-state index contributed by atoms with van der Waals surface area (Å²) >= 11 is 0. The Balaban J connectivity index is 1.52. The molecule has 2 heterocycles. The molecule has 2 aromatic carbocycles. The Bertz CT molecular complexity index is 963. The summed E-state index contributed by atoms with van der Waals surface area (Å²) in [5.74, 6) is -0.0760. The maximum Gasteiger partial charge on any atom is 0.252 e. The van der Waals surface area contributed by atoms with Gasteiger partial charge in [-0.25, -0.2) is 4.99 Å². The molecule has 2 amide bonds. The van der Waals surface area contributed by atoms with Gasteiger partial charge < -0.3 is 24.8 Å². The van der Waals surface area contributed by atoms with Gasteiger partial charge in [0.25, 0.3) is 5.91 Å². The molecular weight excluding hydrogens is 398 g/mol. The first-order valence-corrected chi connectivity index (χ1v) is 10.3. The van der Waals surface area contributed by atoms with Crippen molar-refractivity contribution >= 4 is 17.7 Å². The number of hydrogen-bond acceptors (Lipinski definition) is 6. The van der Waals surface area contributed by atoms with Crippen LogP contribution in [0.3, 0.4) is 0 Å². The minimum absolute atomic E-state index is 0.0637. The van der Waals surface area contributed by atoms with Crippen molar-refractivity contribution in [3.63, 3.8) is 0 Å². The number of ether oxygens (including phenoxy) is 2. The van der Waals surface area contributed by atoms with Gasteiger partial charge in [0.05, 0.1) is 26.4 Å². The van der Waals surface area contributed by atoms with Crippen LogP contribution in [0.15, 0.2) is 59.6 Å². The molecule has 0 aromatic heterocycles. The number of amides is 2. The summed E-state index contributed by atoms with van der Waals surface area (Å²) in [6, 6.07) is 16.5. The van der Waals surface area contributed by atoms with Crippen LogP contribution in [0.5, 0.6) is 0 Å². The van der Waals surface area contributed by atoms with Crippen LogP contribution in [0.1, 0.15) is 22.8 Å². The van der Waals surface area contributed by atoms with Crippen molar-refractivity contribution < 1.29 is 24.2 Å². The van der Waals surface area contributed by atoms with Crippen LogP contribution < -0.4 is 5.32 Å². The van der Waals surface area contributed by atoms with Crippen LogP contribution in [0.2, 0.25) is 0 Å². The monoisotopic (exact) mass is 423 g/mol. The maximum absolute atomic E-state index is 13.3. The topological polar surface area (TPSA) is 100 Å². The van der Waals surface area contributed by atoms with Crippen molar-refractivity contribution in [2.45, 2.75) is 18.7 Å². The number of aliphatic hydroxyl groups is 1. The van der Waals surface area contributed by atoms with Gasteiger partial charge in [-0.3, -0.25) is 9.59 Å². The van der Waals surface area contributed by atoms with Gasteiger partial charge in [0, 0.05) is 24.2 Å². The third-order valence-electron chi connectivity index (χ3n) is 5.23. The molecule has 0 bridgehead atoms. The van der Waals surface area contributed by atoms with Gasteiger partial charge in [0.15, 0.2) is 12.1 Å². The highest BCUT2D eigenvalue weighted by Gasteiger charge is 2.43.